The van der Waals surface area contributed by atoms with Crippen molar-refractivity contribution in [2.75, 3.05) is 37.7 Å². The fourth-order valence-electron chi connectivity index (χ4n) is 4.75. The second kappa shape index (κ2) is 10.9. The molecule has 2 aromatic heterocycles. The van der Waals surface area contributed by atoms with E-state index in [1.165, 1.54) is 12.8 Å². The standard InChI is InChI=1S/C27H33N5O3/c1-2-3-18-34-23-11-8-21(9-12-23)27(33)32-16-14-31(15-17-32)24-13-10-22(19-28-24)25-29-26(35-30-25)20-6-4-5-7-20/h8-13,19-20H,2-7,14-18H2,1H3. The Bertz CT molecular complexity index is 1100. The molecule has 1 saturated heterocycles. The largest absolute Gasteiger partial charge is 0.494 e. The predicted octanol–water partition coefficient (Wildman–Crippen LogP) is 4.93. The number of amides is 1. The topological polar surface area (TPSA) is 84.6 Å². The molecular weight excluding hydrogens is 442 g/mol. The van der Waals surface area contributed by atoms with Crippen molar-refractivity contribution < 1.29 is 14.1 Å². The van der Waals surface area contributed by atoms with Crippen molar-refractivity contribution in [1.29, 1.82) is 0 Å². The lowest BCUT2D eigenvalue weighted by atomic mass is 10.1. The highest BCUT2D eigenvalue weighted by molar-refractivity contribution is 5.94. The second-order valence-corrected chi connectivity index (χ2v) is 9.35. The molecule has 1 amide bonds. The highest BCUT2D eigenvalue weighted by atomic mass is 16.5. The van der Waals surface area contributed by atoms with E-state index >= 15 is 0 Å². The number of pyridine rings is 1. The van der Waals surface area contributed by atoms with E-state index in [0.717, 1.165) is 61.8 Å². The van der Waals surface area contributed by atoms with E-state index in [0.29, 0.717) is 37.0 Å². The molecule has 184 valence electrons. The zero-order valence-electron chi connectivity index (χ0n) is 20.4. The molecule has 5 rings (SSSR count). The molecule has 3 heterocycles. The fourth-order valence-corrected chi connectivity index (χ4v) is 4.75. The number of piperazine rings is 1. The van der Waals surface area contributed by atoms with Crippen LogP contribution in [0.25, 0.3) is 11.4 Å². The Morgan fingerprint density at radius 3 is 2.51 bits per heavy atom. The van der Waals surface area contributed by atoms with Crippen molar-refractivity contribution in [3.8, 4) is 17.1 Å². The highest BCUT2D eigenvalue weighted by Crippen LogP contribution is 2.34. The molecule has 0 bridgehead atoms. The number of benzene rings is 1. The first-order chi connectivity index (χ1) is 17.2. The summed E-state index contributed by atoms with van der Waals surface area (Å²) in [6.07, 6.45) is 8.66. The van der Waals surface area contributed by atoms with E-state index in [1.54, 1.807) is 6.20 Å². The van der Waals surface area contributed by atoms with Crippen molar-refractivity contribution in [3.05, 3.63) is 54.0 Å². The zero-order chi connectivity index (χ0) is 24.0. The number of nitrogens with zero attached hydrogens (tertiary/aromatic N) is 5. The van der Waals surface area contributed by atoms with Gasteiger partial charge in [0, 0.05) is 49.4 Å². The number of rotatable bonds is 8. The first-order valence-electron chi connectivity index (χ1n) is 12.8. The average Bonchev–Trinajstić information content (AvgIpc) is 3.62. The van der Waals surface area contributed by atoms with Crippen molar-refractivity contribution in [2.45, 2.75) is 51.4 Å². The minimum absolute atomic E-state index is 0.0586. The summed E-state index contributed by atoms with van der Waals surface area (Å²) in [5.41, 5.74) is 1.55. The number of anilines is 1. The van der Waals surface area contributed by atoms with E-state index in [-0.39, 0.29) is 5.91 Å². The van der Waals surface area contributed by atoms with Gasteiger partial charge in [0.2, 0.25) is 11.7 Å². The second-order valence-electron chi connectivity index (χ2n) is 9.35. The Hall–Kier alpha value is -3.42. The lowest BCUT2D eigenvalue weighted by molar-refractivity contribution is 0.0746. The molecule has 1 saturated carbocycles. The van der Waals surface area contributed by atoms with Gasteiger partial charge >= 0.3 is 0 Å². The SMILES string of the molecule is CCCCOc1ccc(C(=O)N2CCN(c3ccc(-c4noc(C5CCCC5)n4)cn3)CC2)cc1. The van der Waals surface area contributed by atoms with Crippen LogP contribution in [0.5, 0.6) is 5.75 Å². The predicted molar refractivity (Wildman–Crippen MR) is 134 cm³/mol. The van der Waals surface area contributed by atoms with Gasteiger partial charge in [-0.15, -0.1) is 0 Å². The Kier molecular flexibility index (Phi) is 7.25. The molecule has 35 heavy (non-hydrogen) atoms. The van der Waals surface area contributed by atoms with Crippen molar-refractivity contribution >= 4 is 11.7 Å². The molecule has 1 aliphatic heterocycles. The van der Waals surface area contributed by atoms with Crippen molar-refractivity contribution in [2.24, 2.45) is 0 Å². The van der Waals surface area contributed by atoms with Crippen LogP contribution in [0.2, 0.25) is 0 Å². The third kappa shape index (κ3) is 5.47. The first-order valence-corrected chi connectivity index (χ1v) is 12.8. The summed E-state index contributed by atoms with van der Waals surface area (Å²) in [6.45, 7) is 5.64. The maximum absolute atomic E-state index is 12.9. The fraction of sp³-hybridized carbons (Fsp3) is 0.481. The first kappa shape index (κ1) is 23.3. The van der Waals surface area contributed by atoms with Gasteiger partial charge in [0.05, 0.1) is 6.61 Å². The van der Waals surface area contributed by atoms with Crippen molar-refractivity contribution in [3.63, 3.8) is 0 Å². The van der Waals surface area contributed by atoms with Gasteiger partial charge in [0.15, 0.2) is 0 Å². The molecule has 3 aromatic rings. The number of carbonyl (C=O) groups is 1. The molecule has 0 unspecified atom stereocenters. The summed E-state index contributed by atoms with van der Waals surface area (Å²) in [5.74, 6) is 3.52. The normalized spacial score (nSPS) is 16.6. The van der Waals surface area contributed by atoms with Gasteiger partial charge in [-0.1, -0.05) is 31.3 Å². The van der Waals surface area contributed by atoms with Crippen molar-refractivity contribution in [1.82, 2.24) is 20.0 Å². The van der Waals surface area contributed by atoms with Crippen LogP contribution in [0.15, 0.2) is 47.1 Å². The van der Waals surface area contributed by atoms with E-state index in [9.17, 15) is 4.79 Å². The lowest BCUT2D eigenvalue weighted by Gasteiger charge is -2.35. The molecular formula is C27H33N5O3. The number of hydrogen-bond acceptors (Lipinski definition) is 7. The number of ether oxygens (including phenoxy) is 1. The molecule has 1 aromatic carbocycles. The molecule has 0 N–H and O–H groups in total. The summed E-state index contributed by atoms with van der Waals surface area (Å²) in [7, 11) is 0. The van der Waals surface area contributed by atoms with E-state index < -0.39 is 0 Å². The number of aromatic nitrogens is 3. The molecule has 0 radical (unpaired) electrons. The molecule has 2 aliphatic rings. The van der Waals surface area contributed by atoms with Crippen LogP contribution in [0.1, 0.15) is 67.6 Å². The van der Waals surface area contributed by atoms with Crippen LogP contribution >= 0.6 is 0 Å². The zero-order valence-corrected chi connectivity index (χ0v) is 20.4. The molecule has 0 atom stereocenters. The highest BCUT2D eigenvalue weighted by Gasteiger charge is 2.25. The van der Waals surface area contributed by atoms with Crippen LogP contribution in [-0.4, -0.2) is 58.7 Å². The summed E-state index contributed by atoms with van der Waals surface area (Å²) >= 11 is 0. The molecule has 1 aliphatic carbocycles. The van der Waals surface area contributed by atoms with E-state index in [2.05, 4.69) is 26.9 Å². The number of unbranched alkanes of at least 4 members (excludes halogenated alkanes) is 1. The summed E-state index contributed by atoms with van der Waals surface area (Å²) in [6, 6.07) is 11.5. The third-order valence-corrected chi connectivity index (χ3v) is 6.91. The lowest BCUT2D eigenvalue weighted by Crippen LogP contribution is -2.49. The Morgan fingerprint density at radius 2 is 1.83 bits per heavy atom. The Labute approximate surface area is 206 Å². The average molecular weight is 476 g/mol. The number of hydrogen-bond donors (Lipinski definition) is 0. The van der Waals surface area contributed by atoms with Crippen LogP contribution in [0.3, 0.4) is 0 Å². The Morgan fingerprint density at radius 1 is 1.06 bits per heavy atom. The summed E-state index contributed by atoms with van der Waals surface area (Å²) in [4.78, 5) is 26.3. The van der Waals surface area contributed by atoms with Gasteiger partial charge in [-0.25, -0.2) is 4.98 Å². The number of carbonyl (C=O) groups excluding carboxylic acids is 1. The van der Waals surface area contributed by atoms with Gasteiger partial charge in [-0.3, -0.25) is 4.79 Å². The summed E-state index contributed by atoms with van der Waals surface area (Å²) in [5, 5.41) is 4.16. The summed E-state index contributed by atoms with van der Waals surface area (Å²) < 4.78 is 11.2. The maximum Gasteiger partial charge on any atom is 0.253 e. The molecule has 0 spiro atoms. The Balaban J connectivity index is 1.14. The van der Waals surface area contributed by atoms with Gasteiger partial charge in [-0.2, -0.15) is 4.98 Å². The van der Waals surface area contributed by atoms with E-state index in [4.69, 9.17) is 9.26 Å². The van der Waals surface area contributed by atoms with Crippen LogP contribution in [0.4, 0.5) is 5.82 Å². The van der Waals surface area contributed by atoms with E-state index in [1.807, 2.05) is 41.3 Å². The van der Waals surface area contributed by atoms with Crippen LogP contribution in [0, 0.1) is 0 Å². The monoisotopic (exact) mass is 475 g/mol. The van der Waals surface area contributed by atoms with Gasteiger partial charge in [-0.05, 0) is 55.7 Å². The molecule has 8 nitrogen and oxygen atoms in total. The van der Waals surface area contributed by atoms with Gasteiger partial charge in [0.1, 0.15) is 11.6 Å². The molecule has 8 heteroatoms. The maximum atomic E-state index is 12.9. The van der Waals surface area contributed by atoms with Crippen LogP contribution in [-0.2, 0) is 0 Å². The van der Waals surface area contributed by atoms with Gasteiger partial charge in [0.25, 0.3) is 5.91 Å². The minimum Gasteiger partial charge on any atom is -0.494 e. The minimum atomic E-state index is 0.0586. The molecule has 2 fully saturated rings. The van der Waals surface area contributed by atoms with Crippen LogP contribution < -0.4 is 9.64 Å². The third-order valence-electron chi connectivity index (χ3n) is 6.91. The quantitative estimate of drug-likeness (QED) is 0.427. The van der Waals surface area contributed by atoms with Gasteiger partial charge < -0.3 is 19.1 Å². The smallest absolute Gasteiger partial charge is 0.253 e.